The van der Waals surface area contributed by atoms with E-state index in [1.54, 1.807) is 0 Å². The van der Waals surface area contributed by atoms with E-state index in [4.69, 9.17) is 0 Å². The Morgan fingerprint density at radius 1 is 1.17 bits per heavy atom. The van der Waals surface area contributed by atoms with Crippen molar-refractivity contribution in [2.24, 2.45) is 0 Å². The van der Waals surface area contributed by atoms with Crippen molar-refractivity contribution >= 4 is 0 Å². The normalized spacial score (nSPS) is 14.8. The summed E-state index contributed by atoms with van der Waals surface area (Å²) in [5.74, 6) is 0. The Morgan fingerprint density at radius 3 is 2.39 bits per heavy atom. The molecule has 1 aromatic carbocycles. The van der Waals surface area contributed by atoms with Crippen LogP contribution in [0.4, 0.5) is 0 Å². The smallest absolute Gasteiger partial charge is 0.00729 e. The average Bonchev–Trinajstić information content (AvgIpc) is 2.36. The summed E-state index contributed by atoms with van der Waals surface area (Å²) in [7, 11) is 2.25. The number of hydrogen-bond donors (Lipinski definition) is 0. The Morgan fingerprint density at radius 2 is 1.83 bits per heavy atom. The zero-order valence-electron chi connectivity index (χ0n) is 12.8. The highest BCUT2D eigenvalue weighted by atomic mass is 15.1. The number of unbranched alkanes of at least 4 members (excludes halogenated alkanes) is 1. The van der Waals surface area contributed by atoms with Crippen molar-refractivity contribution in [2.75, 3.05) is 20.1 Å². The summed E-state index contributed by atoms with van der Waals surface area (Å²) < 4.78 is 0. The van der Waals surface area contributed by atoms with Crippen molar-refractivity contribution in [3.8, 4) is 0 Å². The molecule has 0 spiro atoms. The summed E-state index contributed by atoms with van der Waals surface area (Å²) >= 11 is 0. The first-order valence-corrected chi connectivity index (χ1v) is 7.28. The van der Waals surface area contributed by atoms with Crippen LogP contribution in [-0.4, -0.2) is 25.0 Å². The number of benzene rings is 1. The molecule has 0 bridgehead atoms. The molecular formula is C17H29N. The van der Waals surface area contributed by atoms with Gasteiger partial charge in [0.25, 0.3) is 0 Å². The van der Waals surface area contributed by atoms with Crippen LogP contribution in [0.2, 0.25) is 0 Å². The van der Waals surface area contributed by atoms with Crippen LogP contribution in [0.25, 0.3) is 0 Å². The van der Waals surface area contributed by atoms with Crippen LogP contribution < -0.4 is 0 Å². The molecule has 1 unspecified atom stereocenters. The summed E-state index contributed by atoms with van der Waals surface area (Å²) in [4.78, 5) is 2.49. The van der Waals surface area contributed by atoms with Gasteiger partial charge >= 0.3 is 0 Å². The lowest BCUT2D eigenvalue weighted by atomic mass is 9.77. The van der Waals surface area contributed by atoms with Crippen molar-refractivity contribution in [2.45, 2.75) is 52.4 Å². The fraction of sp³-hybridized carbons (Fsp3) is 0.647. The summed E-state index contributed by atoms with van der Waals surface area (Å²) in [5, 5.41) is 0. The van der Waals surface area contributed by atoms with Gasteiger partial charge in [-0.15, -0.1) is 0 Å². The van der Waals surface area contributed by atoms with Gasteiger partial charge in [0.05, 0.1) is 0 Å². The van der Waals surface area contributed by atoms with E-state index in [1.807, 2.05) is 0 Å². The first-order valence-electron chi connectivity index (χ1n) is 7.28. The molecular weight excluding hydrogens is 218 g/mol. The average molecular weight is 247 g/mol. The summed E-state index contributed by atoms with van der Waals surface area (Å²) in [6, 6.07) is 8.83. The van der Waals surface area contributed by atoms with E-state index in [2.05, 4.69) is 63.9 Å². The van der Waals surface area contributed by atoms with E-state index in [0.29, 0.717) is 0 Å². The number of hydrogen-bond acceptors (Lipinski definition) is 1. The Kier molecular flexibility index (Phi) is 5.87. The van der Waals surface area contributed by atoms with Crippen LogP contribution in [0.1, 0.15) is 51.2 Å². The van der Waals surface area contributed by atoms with Crippen LogP contribution in [0.5, 0.6) is 0 Å². The predicted molar refractivity (Wildman–Crippen MR) is 81.2 cm³/mol. The standard InChI is InChI=1S/C17H29N/c1-6-8-13-18(5)14-17(4,7-2)16-12-10-9-11-15(16)3/h9-12H,6-8,13-14H2,1-5H3. The highest BCUT2D eigenvalue weighted by molar-refractivity contribution is 5.33. The zero-order chi connectivity index (χ0) is 13.6. The monoisotopic (exact) mass is 247 g/mol. The van der Waals surface area contributed by atoms with E-state index >= 15 is 0 Å². The van der Waals surface area contributed by atoms with Crippen LogP contribution >= 0.6 is 0 Å². The van der Waals surface area contributed by atoms with Gasteiger partial charge in [0.2, 0.25) is 0 Å². The number of rotatable bonds is 7. The van der Waals surface area contributed by atoms with Crippen LogP contribution in [0.3, 0.4) is 0 Å². The minimum absolute atomic E-state index is 0.272. The molecule has 0 radical (unpaired) electrons. The quantitative estimate of drug-likeness (QED) is 0.690. The van der Waals surface area contributed by atoms with Crippen LogP contribution in [-0.2, 0) is 5.41 Å². The van der Waals surface area contributed by atoms with Crippen molar-refractivity contribution in [1.82, 2.24) is 4.90 Å². The number of nitrogens with zero attached hydrogens (tertiary/aromatic N) is 1. The highest BCUT2D eigenvalue weighted by Gasteiger charge is 2.27. The van der Waals surface area contributed by atoms with Crippen molar-refractivity contribution in [3.63, 3.8) is 0 Å². The number of aryl methyl sites for hydroxylation is 1. The molecule has 0 saturated heterocycles. The van der Waals surface area contributed by atoms with E-state index in [-0.39, 0.29) is 5.41 Å². The molecule has 0 aliphatic rings. The fourth-order valence-electron chi connectivity index (χ4n) is 2.74. The maximum atomic E-state index is 2.49. The molecule has 0 aliphatic heterocycles. The van der Waals surface area contributed by atoms with Crippen molar-refractivity contribution in [3.05, 3.63) is 35.4 Å². The largest absolute Gasteiger partial charge is 0.305 e. The summed E-state index contributed by atoms with van der Waals surface area (Å²) in [5.41, 5.74) is 3.20. The van der Waals surface area contributed by atoms with E-state index in [9.17, 15) is 0 Å². The molecule has 0 saturated carbocycles. The lowest BCUT2D eigenvalue weighted by molar-refractivity contribution is 0.247. The summed E-state index contributed by atoms with van der Waals surface area (Å²) in [6.07, 6.45) is 3.76. The third-order valence-corrected chi connectivity index (χ3v) is 4.09. The van der Waals surface area contributed by atoms with Gasteiger partial charge < -0.3 is 4.90 Å². The highest BCUT2D eigenvalue weighted by Crippen LogP contribution is 2.30. The second-order valence-corrected chi connectivity index (χ2v) is 5.82. The maximum absolute atomic E-state index is 2.49. The second kappa shape index (κ2) is 6.94. The van der Waals surface area contributed by atoms with Crippen LogP contribution in [0, 0.1) is 6.92 Å². The third kappa shape index (κ3) is 3.84. The first-order chi connectivity index (χ1) is 8.53. The molecule has 1 heteroatoms. The second-order valence-electron chi connectivity index (χ2n) is 5.82. The minimum atomic E-state index is 0.272. The van der Waals surface area contributed by atoms with E-state index in [0.717, 1.165) is 6.54 Å². The number of likely N-dealkylation sites (N-methyl/N-ethyl adjacent to an activating group) is 1. The van der Waals surface area contributed by atoms with Crippen LogP contribution in [0.15, 0.2) is 24.3 Å². The Labute approximate surface area is 113 Å². The molecule has 0 heterocycles. The van der Waals surface area contributed by atoms with Gasteiger partial charge in [-0.1, -0.05) is 51.5 Å². The Hall–Kier alpha value is -0.820. The SMILES string of the molecule is CCCCN(C)CC(C)(CC)c1ccccc1C. The molecule has 18 heavy (non-hydrogen) atoms. The van der Waals surface area contributed by atoms with Gasteiger partial charge in [-0.3, -0.25) is 0 Å². The van der Waals surface area contributed by atoms with Gasteiger partial charge in [-0.25, -0.2) is 0 Å². The maximum Gasteiger partial charge on any atom is 0.00729 e. The molecule has 0 fully saturated rings. The molecule has 0 aliphatic carbocycles. The topological polar surface area (TPSA) is 3.24 Å². The molecule has 0 aromatic heterocycles. The van der Waals surface area contributed by atoms with E-state index in [1.165, 1.54) is 36.9 Å². The van der Waals surface area contributed by atoms with Gasteiger partial charge in [0.15, 0.2) is 0 Å². The molecule has 102 valence electrons. The molecule has 0 N–H and O–H groups in total. The molecule has 1 atom stereocenters. The van der Waals surface area contributed by atoms with Gasteiger partial charge in [-0.2, -0.15) is 0 Å². The molecule has 0 amide bonds. The lowest BCUT2D eigenvalue weighted by Gasteiger charge is -2.34. The van der Waals surface area contributed by atoms with Gasteiger partial charge in [0.1, 0.15) is 0 Å². The minimum Gasteiger partial charge on any atom is -0.305 e. The Balaban J connectivity index is 2.82. The zero-order valence-corrected chi connectivity index (χ0v) is 12.8. The third-order valence-electron chi connectivity index (χ3n) is 4.09. The van der Waals surface area contributed by atoms with Crippen molar-refractivity contribution < 1.29 is 0 Å². The fourth-order valence-corrected chi connectivity index (χ4v) is 2.74. The molecule has 1 nitrogen and oxygen atoms in total. The van der Waals surface area contributed by atoms with E-state index < -0.39 is 0 Å². The molecule has 1 rings (SSSR count). The first kappa shape index (κ1) is 15.2. The summed E-state index contributed by atoms with van der Waals surface area (Å²) in [6.45, 7) is 11.5. The molecule has 1 aromatic rings. The van der Waals surface area contributed by atoms with Gasteiger partial charge in [0, 0.05) is 12.0 Å². The van der Waals surface area contributed by atoms with Crippen molar-refractivity contribution in [1.29, 1.82) is 0 Å². The Bertz CT molecular complexity index is 358. The van der Waals surface area contributed by atoms with Gasteiger partial charge in [-0.05, 0) is 44.5 Å². The lowest BCUT2D eigenvalue weighted by Crippen LogP contribution is -2.37. The predicted octanol–water partition coefficient (Wildman–Crippen LogP) is 4.39.